The van der Waals surface area contributed by atoms with E-state index in [9.17, 15) is 4.79 Å². The van der Waals surface area contributed by atoms with Crippen LogP contribution in [0.3, 0.4) is 0 Å². The van der Waals surface area contributed by atoms with Gasteiger partial charge in [-0.05, 0) is 73.4 Å². The van der Waals surface area contributed by atoms with Crippen LogP contribution in [0.1, 0.15) is 63.0 Å². The summed E-state index contributed by atoms with van der Waals surface area (Å²) in [7, 11) is 3.44. The molecule has 3 aliphatic rings. The fraction of sp³-hybridized carbons (Fsp3) is 0.639. The van der Waals surface area contributed by atoms with E-state index in [1.807, 2.05) is 12.1 Å². The molecule has 2 fully saturated rings. The second kappa shape index (κ2) is 16.1. The molecular formula is C36H53N3O6. The number of fused-ring (bicyclic) bond motifs is 1. The van der Waals surface area contributed by atoms with Crippen LogP contribution >= 0.6 is 0 Å². The molecule has 2 N–H and O–H groups in total. The van der Waals surface area contributed by atoms with Crippen LogP contribution in [0.4, 0.5) is 5.69 Å². The van der Waals surface area contributed by atoms with Crippen LogP contribution in [0.2, 0.25) is 0 Å². The summed E-state index contributed by atoms with van der Waals surface area (Å²) in [6.07, 6.45) is 4.69. The fourth-order valence-electron chi connectivity index (χ4n) is 7.00. The first kappa shape index (κ1) is 33.5. The van der Waals surface area contributed by atoms with E-state index in [0.717, 1.165) is 94.3 Å². The molecular weight excluding hydrogens is 570 g/mol. The second-order valence-electron chi connectivity index (χ2n) is 13.2. The number of hydrogen-bond acceptors (Lipinski definition) is 8. The number of methoxy groups -OCH3 is 2. The van der Waals surface area contributed by atoms with Crippen molar-refractivity contribution in [1.29, 1.82) is 0 Å². The average Bonchev–Trinajstić information content (AvgIpc) is 3.08. The van der Waals surface area contributed by atoms with Gasteiger partial charge in [-0.15, -0.1) is 0 Å². The molecule has 0 saturated carbocycles. The molecule has 45 heavy (non-hydrogen) atoms. The Hall–Kier alpha value is -2.85. The minimum atomic E-state index is -0.391. The number of hydrogen-bond donors (Lipinski definition) is 2. The van der Waals surface area contributed by atoms with Gasteiger partial charge in [0.05, 0.1) is 32.1 Å². The monoisotopic (exact) mass is 623 g/mol. The van der Waals surface area contributed by atoms with Crippen LogP contribution in [0.15, 0.2) is 42.5 Å². The van der Waals surface area contributed by atoms with Crippen molar-refractivity contribution in [3.8, 4) is 11.5 Å². The minimum Gasteiger partial charge on any atom is -0.497 e. The highest BCUT2D eigenvalue weighted by Gasteiger charge is 2.38. The van der Waals surface area contributed by atoms with Crippen LogP contribution in [-0.4, -0.2) is 84.9 Å². The number of nitrogens with zero attached hydrogens (tertiary/aromatic N) is 1. The molecule has 0 bridgehead atoms. The lowest BCUT2D eigenvalue weighted by atomic mass is 9.74. The first-order chi connectivity index (χ1) is 21.9. The standard InChI is InChI=1S/C36H53N3O6/c1-36(2,28-13-19-43-20-14-28)35(40)37-15-12-29-23-31(27-7-9-30(42-4)10-8-27)34(24-38-29)45-25-26-6-11-33-32(22-26)39(17-21-44-33)16-5-18-41-3/h6-11,22,28-29,31,34,38H,5,12-21,23-25H2,1-4H3,(H,37,40)/t29-,31-,34+/m1/s1. The van der Waals surface area contributed by atoms with Gasteiger partial charge in [-0.2, -0.15) is 0 Å². The zero-order valence-electron chi connectivity index (χ0n) is 27.6. The van der Waals surface area contributed by atoms with Gasteiger partial charge >= 0.3 is 0 Å². The van der Waals surface area contributed by atoms with E-state index >= 15 is 0 Å². The Morgan fingerprint density at radius 2 is 1.89 bits per heavy atom. The number of amides is 1. The SMILES string of the molecule is COCCCN1CCOc2ccc(CO[C@H]3CN[C@H](CCNC(=O)C(C)(C)C4CCOCC4)C[C@@H]3c3ccc(OC)cc3)cc21. The lowest BCUT2D eigenvalue weighted by Gasteiger charge is -2.38. The van der Waals surface area contributed by atoms with Gasteiger partial charge in [0.1, 0.15) is 18.1 Å². The number of benzene rings is 2. The average molecular weight is 624 g/mol. The molecule has 3 heterocycles. The lowest BCUT2D eigenvalue weighted by molar-refractivity contribution is -0.134. The van der Waals surface area contributed by atoms with Crippen molar-refractivity contribution in [2.24, 2.45) is 11.3 Å². The van der Waals surface area contributed by atoms with Gasteiger partial charge in [0.25, 0.3) is 0 Å². The van der Waals surface area contributed by atoms with Gasteiger partial charge in [0.15, 0.2) is 0 Å². The van der Waals surface area contributed by atoms with E-state index in [4.69, 9.17) is 23.7 Å². The summed E-state index contributed by atoms with van der Waals surface area (Å²) in [5, 5.41) is 6.98. The highest BCUT2D eigenvalue weighted by atomic mass is 16.5. The number of piperidine rings is 1. The predicted octanol–water partition coefficient (Wildman–Crippen LogP) is 4.92. The van der Waals surface area contributed by atoms with Gasteiger partial charge in [0.2, 0.25) is 5.91 Å². The number of carbonyl (C=O) groups is 1. The van der Waals surface area contributed by atoms with E-state index in [-0.39, 0.29) is 24.0 Å². The van der Waals surface area contributed by atoms with Gasteiger partial charge < -0.3 is 39.2 Å². The van der Waals surface area contributed by atoms with Gasteiger partial charge in [-0.25, -0.2) is 0 Å². The van der Waals surface area contributed by atoms with Crippen LogP contribution < -0.4 is 25.0 Å². The quantitative estimate of drug-likeness (QED) is 0.287. The molecule has 9 heteroatoms. The van der Waals surface area contributed by atoms with Crippen molar-refractivity contribution >= 4 is 11.6 Å². The number of ether oxygens (including phenoxy) is 5. The summed E-state index contributed by atoms with van der Waals surface area (Å²) < 4.78 is 28.8. The van der Waals surface area contributed by atoms with Crippen LogP contribution in [0.5, 0.6) is 11.5 Å². The van der Waals surface area contributed by atoms with Crippen LogP contribution in [0, 0.1) is 11.3 Å². The lowest BCUT2D eigenvalue weighted by Crippen LogP contribution is -2.49. The van der Waals surface area contributed by atoms with E-state index in [1.165, 1.54) is 5.56 Å². The van der Waals surface area contributed by atoms with Gasteiger partial charge in [-0.3, -0.25) is 4.79 Å². The van der Waals surface area contributed by atoms with Crippen molar-refractivity contribution < 1.29 is 28.5 Å². The zero-order valence-corrected chi connectivity index (χ0v) is 27.6. The van der Waals surface area contributed by atoms with E-state index in [0.29, 0.717) is 25.7 Å². The Morgan fingerprint density at radius 3 is 2.64 bits per heavy atom. The maximum absolute atomic E-state index is 13.2. The highest BCUT2D eigenvalue weighted by Crippen LogP contribution is 2.36. The normalized spacial score (nSPS) is 22.4. The molecule has 3 aliphatic heterocycles. The Kier molecular flexibility index (Phi) is 12.0. The summed E-state index contributed by atoms with van der Waals surface area (Å²) in [5.74, 6) is 2.51. The summed E-state index contributed by atoms with van der Waals surface area (Å²) >= 11 is 0. The van der Waals surface area contributed by atoms with E-state index in [2.05, 4.69) is 59.7 Å². The molecule has 0 radical (unpaired) electrons. The molecule has 2 aromatic carbocycles. The summed E-state index contributed by atoms with van der Waals surface area (Å²) in [5.41, 5.74) is 3.13. The van der Waals surface area contributed by atoms with Gasteiger partial charge in [0, 0.05) is 63.9 Å². The van der Waals surface area contributed by atoms with Crippen molar-refractivity contribution in [3.05, 3.63) is 53.6 Å². The summed E-state index contributed by atoms with van der Waals surface area (Å²) in [6.45, 7) is 10.8. The molecule has 248 valence electrons. The molecule has 5 rings (SSSR count). The van der Waals surface area contributed by atoms with Crippen molar-refractivity contribution in [1.82, 2.24) is 10.6 Å². The molecule has 3 atom stereocenters. The topological polar surface area (TPSA) is 90.5 Å². The Morgan fingerprint density at radius 1 is 1.09 bits per heavy atom. The molecule has 9 nitrogen and oxygen atoms in total. The Bertz CT molecular complexity index is 1220. The number of nitrogens with one attached hydrogen (secondary N) is 2. The summed E-state index contributed by atoms with van der Waals surface area (Å²) in [6, 6.07) is 15.1. The maximum Gasteiger partial charge on any atom is 0.225 e. The van der Waals surface area contributed by atoms with Crippen LogP contribution in [0.25, 0.3) is 0 Å². The molecule has 1 amide bonds. The number of rotatable bonds is 14. The fourth-order valence-corrected chi connectivity index (χ4v) is 7.00. The van der Waals surface area contributed by atoms with Gasteiger partial charge in [-0.1, -0.05) is 32.0 Å². The number of carbonyl (C=O) groups excluding carboxylic acids is 1. The Balaban J connectivity index is 1.20. The second-order valence-corrected chi connectivity index (χ2v) is 13.2. The first-order valence-corrected chi connectivity index (χ1v) is 16.7. The predicted molar refractivity (Wildman–Crippen MR) is 176 cm³/mol. The molecule has 0 aliphatic carbocycles. The third-order valence-corrected chi connectivity index (χ3v) is 9.97. The Labute approximate surface area is 269 Å². The van der Waals surface area contributed by atoms with Crippen LogP contribution in [-0.2, 0) is 25.6 Å². The smallest absolute Gasteiger partial charge is 0.225 e. The largest absolute Gasteiger partial charge is 0.497 e. The molecule has 0 unspecified atom stereocenters. The molecule has 2 saturated heterocycles. The molecule has 2 aromatic rings. The van der Waals surface area contributed by atoms with E-state index in [1.54, 1.807) is 14.2 Å². The highest BCUT2D eigenvalue weighted by molar-refractivity contribution is 5.82. The van der Waals surface area contributed by atoms with E-state index < -0.39 is 5.41 Å². The van der Waals surface area contributed by atoms with Crippen molar-refractivity contribution in [3.63, 3.8) is 0 Å². The summed E-state index contributed by atoms with van der Waals surface area (Å²) in [4.78, 5) is 15.6. The minimum absolute atomic E-state index is 0.0155. The van der Waals surface area contributed by atoms with Crippen molar-refractivity contribution in [2.75, 3.05) is 71.7 Å². The zero-order chi connectivity index (χ0) is 31.6. The first-order valence-electron chi connectivity index (χ1n) is 16.7. The van der Waals surface area contributed by atoms with Crippen molar-refractivity contribution in [2.45, 2.75) is 70.6 Å². The number of anilines is 1. The third-order valence-electron chi connectivity index (χ3n) is 9.97. The molecule has 0 spiro atoms. The third kappa shape index (κ3) is 8.70. The molecule has 0 aromatic heterocycles. The maximum atomic E-state index is 13.2.